The predicted octanol–water partition coefficient (Wildman–Crippen LogP) is 4.08. The molecule has 1 aromatic heterocycles. The molecule has 132 valence electrons. The van der Waals surface area contributed by atoms with Crippen molar-refractivity contribution in [3.63, 3.8) is 0 Å². The molecule has 0 aliphatic carbocycles. The fraction of sp³-hybridized carbons (Fsp3) is 0.150. The number of rotatable bonds is 4. The summed E-state index contributed by atoms with van der Waals surface area (Å²) in [5.41, 5.74) is 5.77. The van der Waals surface area contributed by atoms with E-state index in [0.29, 0.717) is 23.0 Å². The summed E-state index contributed by atoms with van der Waals surface area (Å²) in [6.45, 7) is 2.20. The van der Waals surface area contributed by atoms with Crippen LogP contribution in [0.5, 0.6) is 5.75 Å². The van der Waals surface area contributed by atoms with Crippen molar-refractivity contribution in [3.05, 3.63) is 81.2 Å². The van der Waals surface area contributed by atoms with Gasteiger partial charge in [-0.2, -0.15) is 0 Å². The van der Waals surface area contributed by atoms with Crippen LogP contribution in [0.1, 0.15) is 11.1 Å². The van der Waals surface area contributed by atoms with Crippen LogP contribution in [0.25, 0.3) is 16.7 Å². The minimum absolute atomic E-state index is 0.235. The molecule has 1 aliphatic rings. The number of ether oxygens (including phenoxy) is 1. The van der Waals surface area contributed by atoms with Gasteiger partial charge in [-0.1, -0.05) is 23.7 Å². The van der Waals surface area contributed by atoms with E-state index < -0.39 is 0 Å². The van der Waals surface area contributed by atoms with Crippen LogP contribution in [-0.2, 0) is 4.84 Å². The molecular formula is C20H16ClNO4. The van der Waals surface area contributed by atoms with Crippen molar-refractivity contribution in [3.8, 4) is 5.75 Å². The van der Waals surface area contributed by atoms with E-state index in [2.05, 4.69) is 5.48 Å². The summed E-state index contributed by atoms with van der Waals surface area (Å²) in [6.07, 6.45) is 1.72. The molecule has 1 aliphatic heterocycles. The monoisotopic (exact) mass is 369 g/mol. The van der Waals surface area contributed by atoms with Crippen molar-refractivity contribution >= 4 is 28.3 Å². The average molecular weight is 370 g/mol. The van der Waals surface area contributed by atoms with Crippen molar-refractivity contribution in [2.75, 3.05) is 6.61 Å². The van der Waals surface area contributed by atoms with Crippen molar-refractivity contribution < 1.29 is 14.0 Å². The van der Waals surface area contributed by atoms with E-state index in [4.69, 9.17) is 25.6 Å². The van der Waals surface area contributed by atoms with E-state index in [1.165, 1.54) is 6.07 Å². The van der Waals surface area contributed by atoms with E-state index >= 15 is 0 Å². The minimum Gasteiger partial charge on any atom is -0.490 e. The maximum atomic E-state index is 11.5. The van der Waals surface area contributed by atoms with Crippen LogP contribution in [-0.4, -0.2) is 12.7 Å². The smallest absolute Gasteiger partial charge is 0.336 e. The summed E-state index contributed by atoms with van der Waals surface area (Å²) in [5, 5.41) is 1.58. The molecule has 2 heterocycles. The van der Waals surface area contributed by atoms with Crippen LogP contribution >= 0.6 is 11.6 Å². The van der Waals surface area contributed by atoms with Crippen molar-refractivity contribution in [2.24, 2.45) is 0 Å². The minimum atomic E-state index is -0.369. The highest BCUT2D eigenvalue weighted by Crippen LogP contribution is 2.24. The molecule has 1 N–H and O–H groups in total. The van der Waals surface area contributed by atoms with Gasteiger partial charge in [-0.25, -0.2) is 4.79 Å². The quantitative estimate of drug-likeness (QED) is 0.702. The van der Waals surface area contributed by atoms with Crippen LogP contribution in [0.4, 0.5) is 0 Å². The third-order valence-corrected chi connectivity index (χ3v) is 4.42. The fourth-order valence-electron chi connectivity index (χ4n) is 2.83. The Bertz CT molecular complexity index is 1040. The highest BCUT2D eigenvalue weighted by Gasteiger charge is 2.18. The van der Waals surface area contributed by atoms with Crippen LogP contribution in [0, 0.1) is 6.92 Å². The van der Waals surface area contributed by atoms with Gasteiger partial charge in [0.25, 0.3) is 0 Å². The number of fused-ring (bicyclic) bond motifs is 1. The zero-order chi connectivity index (χ0) is 18.1. The van der Waals surface area contributed by atoms with E-state index in [-0.39, 0.29) is 11.7 Å². The Morgan fingerprint density at radius 3 is 2.77 bits per heavy atom. The number of benzene rings is 2. The molecule has 0 saturated carbocycles. The normalized spacial score (nSPS) is 16.4. The Balaban J connectivity index is 1.47. The highest BCUT2D eigenvalue weighted by molar-refractivity contribution is 6.30. The Hall–Kier alpha value is -2.76. The standard InChI is InChI=1S/C20H16ClNO4/c1-12-8-20(23)25-19-10-15(6-7-17(12)19)24-11-16-9-18(22-26-16)13-2-4-14(21)5-3-13/h2-10,16,22H,11H2,1H3/t16-/m0/s1. The van der Waals surface area contributed by atoms with Gasteiger partial charge in [-0.05, 0) is 48.4 Å². The second-order valence-electron chi connectivity index (χ2n) is 6.06. The topological polar surface area (TPSA) is 60.7 Å². The largest absolute Gasteiger partial charge is 0.490 e. The Kier molecular flexibility index (Phi) is 4.41. The first-order chi connectivity index (χ1) is 12.6. The van der Waals surface area contributed by atoms with E-state index in [1.54, 1.807) is 6.07 Å². The zero-order valence-electron chi connectivity index (χ0n) is 14.0. The molecule has 5 nitrogen and oxygen atoms in total. The number of nitrogens with one attached hydrogen (secondary N) is 1. The predicted molar refractivity (Wildman–Crippen MR) is 100 cm³/mol. The maximum absolute atomic E-state index is 11.5. The first kappa shape index (κ1) is 16.7. The SMILES string of the molecule is Cc1cc(=O)oc2cc(OC[C@@H]3C=C(c4ccc(Cl)cc4)NO3)ccc12. The van der Waals surface area contributed by atoms with Gasteiger partial charge in [0, 0.05) is 22.5 Å². The molecule has 4 rings (SSSR count). The second-order valence-corrected chi connectivity index (χ2v) is 6.50. The van der Waals surface area contributed by atoms with Crippen LogP contribution in [0.2, 0.25) is 5.02 Å². The fourth-order valence-corrected chi connectivity index (χ4v) is 2.96. The van der Waals surface area contributed by atoms with Crippen molar-refractivity contribution in [1.29, 1.82) is 0 Å². The van der Waals surface area contributed by atoms with Crippen LogP contribution < -0.4 is 15.8 Å². The molecule has 0 spiro atoms. The molecule has 0 saturated heterocycles. The second kappa shape index (κ2) is 6.86. The molecule has 0 bridgehead atoms. The third kappa shape index (κ3) is 3.45. The molecule has 2 aromatic carbocycles. The molecule has 6 heteroatoms. The lowest BCUT2D eigenvalue weighted by Gasteiger charge is -2.10. The van der Waals surface area contributed by atoms with Crippen LogP contribution in [0.15, 0.2) is 63.8 Å². The number of halogens is 1. The molecule has 1 atom stereocenters. The number of hydroxylamine groups is 1. The lowest BCUT2D eigenvalue weighted by atomic mass is 10.1. The summed E-state index contributed by atoms with van der Waals surface area (Å²) in [4.78, 5) is 17.0. The summed E-state index contributed by atoms with van der Waals surface area (Å²) >= 11 is 5.91. The van der Waals surface area contributed by atoms with Crippen LogP contribution in [0.3, 0.4) is 0 Å². The van der Waals surface area contributed by atoms with Crippen molar-refractivity contribution in [1.82, 2.24) is 5.48 Å². The molecule has 0 unspecified atom stereocenters. The van der Waals surface area contributed by atoms with Gasteiger partial charge >= 0.3 is 5.63 Å². The highest BCUT2D eigenvalue weighted by atomic mass is 35.5. The summed E-state index contributed by atoms with van der Waals surface area (Å²) in [5.74, 6) is 0.614. The molecule has 26 heavy (non-hydrogen) atoms. The van der Waals surface area contributed by atoms with Gasteiger partial charge in [-0.15, -0.1) is 0 Å². The number of hydrogen-bond acceptors (Lipinski definition) is 5. The molecule has 0 fully saturated rings. The van der Waals surface area contributed by atoms with Gasteiger partial charge in [0.1, 0.15) is 24.0 Å². The third-order valence-electron chi connectivity index (χ3n) is 4.17. The Morgan fingerprint density at radius 1 is 1.15 bits per heavy atom. The Morgan fingerprint density at radius 2 is 1.96 bits per heavy atom. The van der Waals surface area contributed by atoms with Gasteiger partial charge < -0.3 is 9.15 Å². The Labute approximate surface area is 154 Å². The molecule has 3 aromatic rings. The summed E-state index contributed by atoms with van der Waals surface area (Å²) < 4.78 is 11.0. The molecule has 0 radical (unpaired) electrons. The van der Waals surface area contributed by atoms with Gasteiger partial charge in [0.2, 0.25) is 0 Å². The molecule has 0 amide bonds. The average Bonchev–Trinajstić information content (AvgIpc) is 3.09. The van der Waals surface area contributed by atoms with Crippen molar-refractivity contribution in [2.45, 2.75) is 13.0 Å². The number of aryl methyl sites for hydroxylation is 1. The lowest BCUT2D eigenvalue weighted by molar-refractivity contribution is 0.0236. The maximum Gasteiger partial charge on any atom is 0.336 e. The van der Waals surface area contributed by atoms with E-state index in [1.807, 2.05) is 49.4 Å². The summed E-state index contributed by atoms with van der Waals surface area (Å²) in [7, 11) is 0. The number of hydrogen-bond donors (Lipinski definition) is 1. The van der Waals surface area contributed by atoms with Gasteiger partial charge in [0.15, 0.2) is 0 Å². The first-order valence-electron chi connectivity index (χ1n) is 8.15. The molecular weight excluding hydrogens is 354 g/mol. The summed E-state index contributed by atoms with van der Waals surface area (Å²) in [6, 6.07) is 14.4. The van der Waals surface area contributed by atoms with Gasteiger partial charge in [0.05, 0.1) is 5.70 Å². The zero-order valence-corrected chi connectivity index (χ0v) is 14.7. The van der Waals surface area contributed by atoms with E-state index in [9.17, 15) is 4.79 Å². The first-order valence-corrected chi connectivity index (χ1v) is 8.53. The van der Waals surface area contributed by atoms with Gasteiger partial charge in [-0.3, -0.25) is 10.3 Å². The lowest BCUT2D eigenvalue weighted by Crippen LogP contribution is -2.19. The van der Waals surface area contributed by atoms with E-state index in [0.717, 1.165) is 22.2 Å².